The molecule has 1 aliphatic carbocycles. The molecule has 1 aromatic carbocycles. The Kier molecular flexibility index (Phi) is 5.27. The van der Waals surface area contributed by atoms with Gasteiger partial charge in [-0.3, -0.25) is 4.79 Å². The summed E-state index contributed by atoms with van der Waals surface area (Å²) in [6, 6.07) is 4.54. The zero-order chi connectivity index (χ0) is 21.5. The summed E-state index contributed by atoms with van der Waals surface area (Å²) in [6.45, 7) is 5.52. The van der Waals surface area contributed by atoms with E-state index in [1.54, 1.807) is 6.07 Å². The van der Waals surface area contributed by atoms with Gasteiger partial charge in [0, 0.05) is 29.9 Å². The van der Waals surface area contributed by atoms with Crippen LogP contribution in [0.5, 0.6) is 0 Å². The second kappa shape index (κ2) is 7.75. The molecule has 1 fully saturated rings. The molecule has 2 N–H and O–H groups in total. The van der Waals surface area contributed by atoms with Gasteiger partial charge in [-0.1, -0.05) is 0 Å². The summed E-state index contributed by atoms with van der Waals surface area (Å²) in [6.07, 6.45) is 6.36. The molecule has 3 aromatic rings. The molecule has 4 rings (SSSR count). The molecule has 0 aliphatic heterocycles. The van der Waals surface area contributed by atoms with Crippen LogP contribution in [0.15, 0.2) is 30.6 Å². The van der Waals surface area contributed by atoms with Crippen LogP contribution in [0, 0.1) is 18.7 Å². The quantitative estimate of drug-likeness (QED) is 0.687. The van der Waals surface area contributed by atoms with Crippen LogP contribution < -0.4 is 5.32 Å². The molecule has 30 heavy (non-hydrogen) atoms. The minimum atomic E-state index is -0.684. The van der Waals surface area contributed by atoms with E-state index in [9.17, 15) is 14.3 Å². The van der Waals surface area contributed by atoms with E-state index in [4.69, 9.17) is 0 Å². The molecule has 0 radical (unpaired) electrons. The lowest BCUT2D eigenvalue weighted by atomic mass is 9.77. The Morgan fingerprint density at radius 2 is 1.87 bits per heavy atom. The summed E-state index contributed by atoms with van der Waals surface area (Å²) in [5, 5.41) is 18.4. The molecule has 7 nitrogen and oxygen atoms in total. The minimum absolute atomic E-state index is 0.0801. The Bertz CT molecular complexity index is 1060. The maximum Gasteiger partial charge on any atom is 0.254 e. The number of amides is 1. The minimum Gasteiger partial charge on any atom is -0.390 e. The van der Waals surface area contributed by atoms with Crippen molar-refractivity contribution in [1.82, 2.24) is 25.1 Å². The fraction of sp³-hybridized carbons (Fsp3) is 0.455. The van der Waals surface area contributed by atoms with Gasteiger partial charge in [-0.25, -0.2) is 14.4 Å². The van der Waals surface area contributed by atoms with Crippen LogP contribution in [0.1, 0.15) is 55.6 Å². The number of aliphatic hydroxyl groups is 1. The normalized spacial score (nSPS) is 19.8. The van der Waals surface area contributed by atoms with Crippen LogP contribution in [0.3, 0.4) is 0 Å². The Labute approximate surface area is 174 Å². The van der Waals surface area contributed by atoms with Crippen LogP contribution in [0.4, 0.5) is 4.39 Å². The van der Waals surface area contributed by atoms with Crippen molar-refractivity contribution in [3.8, 4) is 5.95 Å². The molecule has 158 valence electrons. The first-order chi connectivity index (χ1) is 14.2. The van der Waals surface area contributed by atoms with Crippen LogP contribution in [0.25, 0.3) is 16.9 Å². The average molecular weight is 411 g/mol. The van der Waals surface area contributed by atoms with Gasteiger partial charge in [0.1, 0.15) is 5.82 Å². The van der Waals surface area contributed by atoms with Crippen LogP contribution >= 0.6 is 0 Å². The van der Waals surface area contributed by atoms with E-state index in [-0.39, 0.29) is 29.6 Å². The first kappa shape index (κ1) is 20.4. The van der Waals surface area contributed by atoms with E-state index in [0.29, 0.717) is 11.1 Å². The first-order valence-corrected chi connectivity index (χ1v) is 10.2. The largest absolute Gasteiger partial charge is 0.390 e. The molecule has 1 aliphatic rings. The van der Waals surface area contributed by atoms with E-state index < -0.39 is 5.60 Å². The summed E-state index contributed by atoms with van der Waals surface area (Å²) in [5.41, 5.74) is 1.00. The van der Waals surface area contributed by atoms with Gasteiger partial charge in [0.25, 0.3) is 11.9 Å². The Morgan fingerprint density at radius 3 is 2.50 bits per heavy atom. The summed E-state index contributed by atoms with van der Waals surface area (Å²) >= 11 is 0. The lowest BCUT2D eigenvalue weighted by Crippen LogP contribution is -2.41. The molecular formula is C22H26FN5O2. The zero-order valence-corrected chi connectivity index (χ0v) is 17.4. The van der Waals surface area contributed by atoms with Gasteiger partial charge in [-0.05, 0) is 64.5 Å². The van der Waals surface area contributed by atoms with E-state index in [1.165, 1.54) is 29.2 Å². The highest BCUT2D eigenvalue weighted by atomic mass is 19.1. The van der Waals surface area contributed by atoms with Gasteiger partial charge in [0.15, 0.2) is 0 Å². The summed E-state index contributed by atoms with van der Waals surface area (Å²) in [7, 11) is 0. The Morgan fingerprint density at radius 1 is 1.20 bits per heavy atom. The third-order valence-corrected chi connectivity index (χ3v) is 5.98. The number of halogens is 1. The van der Waals surface area contributed by atoms with Gasteiger partial charge in [-0.2, -0.15) is 9.78 Å². The molecular weight excluding hydrogens is 385 g/mol. The Hall–Kier alpha value is -2.87. The smallest absolute Gasteiger partial charge is 0.254 e. The van der Waals surface area contributed by atoms with Crippen molar-refractivity contribution in [2.24, 2.45) is 5.92 Å². The SMILES string of the molecule is Cc1nn(-c2ncc(C(=O)N[C@H]3CC[C@H](C(C)(C)O)CC3)cn2)c2cc(F)ccc12. The number of rotatable bonds is 4. The number of aromatic nitrogens is 4. The van der Waals surface area contributed by atoms with Crippen LogP contribution in [-0.2, 0) is 0 Å². The summed E-state index contributed by atoms with van der Waals surface area (Å²) in [5.74, 6) is -0.0499. The molecule has 0 spiro atoms. The van der Waals surface area contributed by atoms with E-state index in [2.05, 4.69) is 20.4 Å². The highest BCUT2D eigenvalue weighted by molar-refractivity contribution is 5.93. The maximum atomic E-state index is 13.7. The number of hydrogen-bond acceptors (Lipinski definition) is 5. The summed E-state index contributed by atoms with van der Waals surface area (Å²) < 4.78 is 15.2. The average Bonchev–Trinajstić information content (AvgIpc) is 3.03. The molecule has 0 atom stereocenters. The number of aryl methyl sites for hydroxylation is 1. The highest BCUT2D eigenvalue weighted by Crippen LogP contribution is 2.32. The predicted molar refractivity (Wildman–Crippen MR) is 111 cm³/mol. The van der Waals surface area contributed by atoms with Gasteiger partial charge < -0.3 is 10.4 Å². The third-order valence-electron chi connectivity index (χ3n) is 5.98. The number of benzene rings is 1. The van der Waals surface area contributed by atoms with Crippen LogP contribution in [-0.4, -0.2) is 42.4 Å². The van der Waals surface area contributed by atoms with E-state index in [1.807, 2.05) is 20.8 Å². The van der Waals surface area contributed by atoms with Crippen molar-refractivity contribution in [3.05, 3.63) is 47.7 Å². The third kappa shape index (κ3) is 4.05. The van der Waals surface area contributed by atoms with Crippen molar-refractivity contribution >= 4 is 16.8 Å². The molecule has 2 aromatic heterocycles. The number of fused-ring (bicyclic) bond motifs is 1. The number of carbonyl (C=O) groups is 1. The van der Waals surface area contributed by atoms with Gasteiger partial charge in [0.05, 0.1) is 22.4 Å². The predicted octanol–water partition coefficient (Wildman–Crippen LogP) is 3.32. The van der Waals surface area contributed by atoms with E-state index in [0.717, 1.165) is 36.8 Å². The fourth-order valence-corrected chi connectivity index (χ4v) is 4.16. The molecule has 1 amide bonds. The zero-order valence-electron chi connectivity index (χ0n) is 17.4. The maximum absolute atomic E-state index is 13.7. The Balaban J connectivity index is 1.46. The fourth-order valence-electron chi connectivity index (χ4n) is 4.16. The molecule has 0 unspecified atom stereocenters. The highest BCUT2D eigenvalue weighted by Gasteiger charge is 2.31. The standard InChI is InChI=1S/C22H26FN5O2/c1-13-18-9-6-16(23)10-19(18)28(27-13)21-24-11-14(12-25-21)20(29)26-17-7-4-15(5-8-17)22(2,3)30/h6,9-12,15,17,30H,4-5,7-8H2,1-3H3,(H,26,29)/t15-,17-. The number of carbonyl (C=O) groups excluding carboxylic acids is 1. The van der Waals surface area contributed by atoms with Crippen molar-refractivity contribution in [2.75, 3.05) is 0 Å². The van der Waals surface area contributed by atoms with Gasteiger partial charge in [-0.15, -0.1) is 0 Å². The van der Waals surface area contributed by atoms with Crippen LogP contribution in [0.2, 0.25) is 0 Å². The van der Waals surface area contributed by atoms with Crippen molar-refractivity contribution < 1.29 is 14.3 Å². The molecule has 0 saturated heterocycles. The van der Waals surface area contributed by atoms with Crippen molar-refractivity contribution in [3.63, 3.8) is 0 Å². The molecule has 0 bridgehead atoms. The van der Waals surface area contributed by atoms with Gasteiger partial charge in [0.2, 0.25) is 0 Å². The molecule has 8 heteroatoms. The number of nitrogens with one attached hydrogen (secondary N) is 1. The summed E-state index contributed by atoms with van der Waals surface area (Å²) in [4.78, 5) is 21.1. The van der Waals surface area contributed by atoms with Crippen molar-refractivity contribution in [1.29, 1.82) is 0 Å². The monoisotopic (exact) mass is 411 g/mol. The van der Waals surface area contributed by atoms with E-state index >= 15 is 0 Å². The number of hydrogen-bond donors (Lipinski definition) is 2. The lowest BCUT2D eigenvalue weighted by Gasteiger charge is -2.36. The molecule has 2 heterocycles. The van der Waals surface area contributed by atoms with Gasteiger partial charge >= 0.3 is 0 Å². The first-order valence-electron chi connectivity index (χ1n) is 10.2. The molecule has 1 saturated carbocycles. The van der Waals surface area contributed by atoms with Crippen molar-refractivity contribution in [2.45, 2.75) is 58.1 Å². The number of nitrogens with zero attached hydrogens (tertiary/aromatic N) is 4. The second-order valence-corrected chi connectivity index (χ2v) is 8.61. The topological polar surface area (TPSA) is 92.9 Å². The lowest BCUT2D eigenvalue weighted by molar-refractivity contribution is -0.00257. The second-order valence-electron chi connectivity index (χ2n) is 8.61.